The second kappa shape index (κ2) is 7.32. The second-order valence-electron chi connectivity index (χ2n) is 6.97. The van der Waals surface area contributed by atoms with Gasteiger partial charge in [0.25, 0.3) is 0 Å². The van der Waals surface area contributed by atoms with Crippen LogP contribution in [-0.4, -0.2) is 22.2 Å². The first-order chi connectivity index (χ1) is 12.5. The van der Waals surface area contributed by atoms with E-state index in [1.54, 1.807) is 0 Å². The van der Waals surface area contributed by atoms with E-state index in [9.17, 15) is 19.8 Å². The van der Waals surface area contributed by atoms with Crippen LogP contribution in [0, 0.1) is 11.8 Å². The lowest BCUT2D eigenvalue weighted by atomic mass is 9.52. The van der Waals surface area contributed by atoms with E-state index in [4.69, 9.17) is 0 Å². The number of carboxylic acids is 2. The smallest absolute Gasteiger partial charge is 0.307 e. The average Bonchev–Trinajstić information content (AvgIpc) is 2.61. The molecule has 1 saturated carbocycles. The van der Waals surface area contributed by atoms with Crippen molar-refractivity contribution in [2.24, 2.45) is 11.8 Å². The number of carboxylic acid groups (broad SMARTS) is 2. The zero-order valence-electron chi connectivity index (χ0n) is 15.1. The Labute approximate surface area is 153 Å². The van der Waals surface area contributed by atoms with Crippen molar-refractivity contribution in [3.63, 3.8) is 0 Å². The molecule has 0 spiro atoms. The van der Waals surface area contributed by atoms with Gasteiger partial charge in [-0.25, -0.2) is 0 Å². The molecular formula is C22H24O4. The van der Waals surface area contributed by atoms with Crippen LogP contribution >= 0.6 is 0 Å². The van der Waals surface area contributed by atoms with E-state index >= 15 is 0 Å². The monoisotopic (exact) mass is 352 g/mol. The van der Waals surface area contributed by atoms with Crippen LogP contribution in [0.4, 0.5) is 0 Å². The maximum absolute atomic E-state index is 12.0. The predicted octanol–water partition coefficient (Wildman–Crippen LogP) is 4.09. The van der Waals surface area contributed by atoms with Gasteiger partial charge in [0.05, 0.1) is 11.8 Å². The molecule has 3 rings (SSSR count). The van der Waals surface area contributed by atoms with Crippen LogP contribution in [0.3, 0.4) is 0 Å². The molecule has 136 valence electrons. The SMILES string of the molecule is CCc1ccc(C2C(C(=O)O)C(c3ccc(CC)cc3)C2C(=O)O)cc1. The summed E-state index contributed by atoms with van der Waals surface area (Å²) in [5.41, 5.74) is 3.89. The highest BCUT2D eigenvalue weighted by Gasteiger charge is 2.58. The number of hydrogen-bond acceptors (Lipinski definition) is 2. The third-order valence-electron chi connectivity index (χ3n) is 5.66. The molecule has 0 unspecified atom stereocenters. The van der Waals surface area contributed by atoms with Crippen molar-refractivity contribution in [1.29, 1.82) is 0 Å². The molecule has 0 bridgehead atoms. The van der Waals surface area contributed by atoms with Gasteiger partial charge in [0.1, 0.15) is 0 Å². The highest BCUT2D eigenvalue weighted by molar-refractivity contribution is 5.83. The van der Waals surface area contributed by atoms with Gasteiger partial charge < -0.3 is 10.2 Å². The number of carbonyl (C=O) groups is 2. The fourth-order valence-electron chi connectivity index (χ4n) is 4.14. The third-order valence-corrected chi connectivity index (χ3v) is 5.66. The Morgan fingerprint density at radius 1 is 0.692 bits per heavy atom. The molecule has 0 atom stereocenters. The fourth-order valence-corrected chi connectivity index (χ4v) is 4.14. The Bertz CT molecular complexity index is 714. The molecule has 26 heavy (non-hydrogen) atoms. The summed E-state index contributed by atoms with van der Waals surface area (Å²) in [6.45, 7) is 4.10. The van der Waals surface area contributed by atoms with E-state index in [0.29, 0.717) is 0 Å². The van der Waals surface area contributed by atoms with Gasteiger partial charge in [-0.2, -0.15) is 0 Å². The number of aliphatic carboxylic acids is 2. The van der Waals surface area contributed by atoms with Crippen LogP contribution in [0.25, 0.3) is 0 Å². The lowest BCUT2D eigenvalue weighted by Gasteiger charge is -2.48. The van der Waals surface area contributed by atoms with E-state index < -0.39 is 35.6 Å². The van der Waals surface area contributed by atoms with Crippen molar-refractivity contribution in [1.82, 2.24) is 0 Å². The summed E-state index contributed by atoms with van der Waals surface area (Å²) >= 11 is 0. The van der Waals surface area contributed by atoms with Crippen LogP contribution in [0.2, 0.25) is 0 Å². The van der Waals surface area contributed by atoms with Crippen LogP contribution in [0.1, 0.15) is 47.9 Å². The summed E-state index contributed by atoms with van der Waals surface area (Å²) in [4.78, 5) is 23.9. The van der Waals surface area contributed by atoms with Gasteiger partial charge in [0.2, 0.25) is 0 Å². The molecule has 0 saturated heterocycles. The van der Waals surface area contributed by atoms with Crippen molar-refractivity contribution >= 4 is 11.9 Å². The molecule has 0 heterocycles. The van der Waals surface area contributed by atoms with Crippen molar-refractivity contribution in [2.45, 2.75) is 38.5 Å². The third kappa shape index (κ3) is 3.12. The van der Waals surface area contributed by atoms with Gasteiger partial charge in [-0.1, -0.05) is 62.4 Å². The first-order valence-electron chi connectivity index (χ1n) is 9.11. The summed E-state index contributed by atoms with van der Waals surface area (Å²) < 4.78 is 0. The summed E-state index contributed by atoms with van der Waals surface area (Å²) in [6, 6.07) is 15.3. The van der Waals surface area contributed by atoms with E-state index in [1.807, 2.05) is 48.5 Å². The minimum atomic E-state index is -0.934. The fraction of sp³-hybridized carbons (Fsp3) is 0.364. The molecule has 1 aliphatic carbocycles. The largest absolute Gasteiger partial charge is 0.481 e. The van der Waals surface area contributed by atoms with Crippen molar-refractivity contribution in [3.05, 3.63) is 70.8 Å². The maximum Gasteiger partial charge on any atom is 0.307 e. The number of aryl methyl sites for hydroxylation is 2. The maximum atomic E-state index is 12.0. The van der Waals surface area contributed by atoms with Crippen molar-refractivity contribution < 1.29 is 19.8 Å². The van der Waals surface area contributed by atoms with E-state index in [2.05, 4.69) is 13.8 Å². The van der Waals surface area contributed by atoms with Crippen LogP contribution in [0.5, 0.6) is 0 Å². The Kier molecular flexibility index (Phi) is 5.12. The zero-order chi connectivity index (χ0) is 18.8. The molecular weight excluding hydrogens is 328 g/mol. The Morgan fingerprint density at radius 2 is 1.00 bits per heavy atom. The molecule has 4 heteroatoms. The van der Waals surface area contributed by atoms with Gasteiger partial charge in [0, 0.05) is 11.8 Å². The first-order valence-corrected chi connectivity index (χ1v) is 9.11. The molecule has 2 N–H and O–H groups in total. The lowest BCUT2D eigenvalue weighted by Crippen LogP contribution is -2.50. The molecule has 2 aromatic carbocycles. The van der Waals surface area contributed by atoms with Crippen LogP contribution < -0.4 is 0 Å². The number of hydrogen-bond donors (Lipinski definition) is 2. The normalized spacial score (nSPS) is 24.7. The van der Waals surface area contributed by atoms with Gasteiger partial charge in [-0.05, 0) is 35.1 Å². The molecule has 4 nitrogen and oxygen atoms in total. The Morgan fingerprint density at radius 3 is 1.23 bits per heavy atom. The Hall–Kier alpha value is -2.62. The van der Waals surface area contributed by atoms with Crippen LogP contribution in [-0.2, 0) is 22.4 Å². The molecule has 2 aromatic rings. The zero-order valence-corrected chi connectivity index (χ0v) is 15.1. The Balaban J connectivity index is 1.98. The highest BCUT2D eigenvalue weighted by atomic mass is 16.4. The van der Waals surface area contributed by atoms with E-state index in [-0.39, 0.29) is 0 Å². The van der Waals surface area contributed by atoms with Crippen LogP contribution in [0.15, 0.2) is 48.5 Å². The second-order valence-corrected chi connectivity index (χ2v) is 6.97. The first kappa shape index (κ1) is 18.2. The predicted molar refractivity (Wildman–Crippen MR) is 99.4 cm³/mol. The number of rotatable bonds is 6. The quantitative estimate of drug-likeness (QED) is 0.821. The summed E-state index contributed by atoms with van der Waals surface area (Å²) in [7, 11) is 0. The summed E-state index contributed by atoms with van der Waals surface area (Å²) in [5, 5.41) is 19.6. The van der Waals surface area contributed by atoms with E-state index in [1.165, 1.54) is 0 Å². The molecule has 1 fully saturated rings. The minimum absolute atomic E-state index is 0.508. The summed E-state index contributed by atoms with van der Waals surface area (Å²) in [6.07, 6.45) is 1.78. The van der Waals surface area contributed by atoms with Gasteiger partial charge in [-0.3, -0.25) is 9.59 Å². The highest BCUT2D eigenvalue weighted by Crippen LogP contribution is 2.57. The molecule has 0 amide bonds. The molecule has 0 aliphatic heterocycles. The van der Waals surface area contributed by atoms with Crippen molar-refractivity contribution in [3.8, 4) is 0 Å². The van der Waals surface area contributed by atoms with Crippen molar-refractivity contribution in [2.75, 3.05) is 0 Å². The molecule has 1 aliphatic rings. The molecule has 0 aromatic heterocycles. The van der Waals surface area contributed by atoms with Gasteiger partial charge in [-0.15, -0.1) is 0 Å². The topological polar surface area (TPSA) is 74.6 Å². The standard InChI is InChI=1S/C22H24O4/c1-3-13-5-9-15(10-6-13)17-19(21(23)24)18(20(17)22(25)26)16-11-7-14(4-2)8-12-16/h5-12,17-20H,3-4H2,1-2H3,(H,23,24)(H,25,26). The number of benzene rings is 2. The lowest BCUT2D eigenvalue weighted by molar-refractivity contribution is -0.159. The minimum Gasteiger partial charge on any atom is -0.481 e. The average molecular weight is 352 g/mol. The summed E-state index contributed by atoms with van der Waals surface area (Å²) in [5.74, 6) is -4.33. The molecule has 0 radical (unpaired) electrons. The van der Waals surface area contributed by atoms with E-state index in [0.717, 1.165) is 35.1 Å². The van der Waals surface area contributed by atoms with Gasteiger partial charge in [0.15, 0.2) is 0 Å². The van der Waals surface area contributed by atoms with Gasteiger partial charge >= 0.3 is 11.9 Å².